The number of aromatic amines is 1. The molecule has 0 aliphatic heterocycles. The summed E-state index contributed by atoms with van der Waals surface area (Å²) in [5.41, 5.74) is 1.44. The van der Waals surface area contributed by atoms with Crippen LogP contribution in [0.3, 0.4) is 0 Å². The van der Waals surface area contributed by atoms with Crippen molar-refractivity contribution in [3.63, 3.8) is 0 Å². The van der Waals surface area contributed by atoms with Gasteiger partial charge in [0, 0.05) is 35.7 Å². The van der Waals surface area contributed by atoms with Gasteiger partial charge in [0.05, 0.1) is 12.8 Å². The molecule has 1 aromatic heterocycles. The number of hydrogen-bond acceptors (Lipinski definition) is 6. The second-order valence-corrected chi connectivity index (χ2v) is 12.2. The first-order valence-electron chi connectivity index (χ1n) is 15.1. The number of para-hydroxylation sites is 1. The zero-order valence-electron chi connectivity index (χ0n) is 25.8. The van der Waals surface area contributed by atoms with Gasteiger partial charge in [-0.05, 0) is 87.9 Å². The minimum Gasteiger partial charge on any atom is -0.481 e. The van der Waals surface area contributed by atoms with Crippen molar-refractivity contribution in [1.29, 1.82) is 0 Å². The summed E-state index contributed by atoms with van der Waals surface area (Å²) in [6, 6.07) is 19.5. The number of carboxylic acids is 3. The molecule has 12 heteroatoms. The molecule has 0 spiro atoms. The number of rotatable bonds is 13. The van der Waals surface area contributed by atoms with Crippen molar-refractivity contribution in [3.05, 3.63) is 71.9 Å². The first-order chi connectivity index (χ1) is 21.4. The predicted octanol–water partition coefficient (Wildman–Crippen LogP) is 3.96. The van der Waals surface area contributed by atoms with Crippen LogP contribution in [0.5, 0.6) is 0 Å². The number of H-pyrrole nitrogens is 1. The van der Waals surface area contributed by atoms with Gasteiger partial charge in [0.15, 0.2) is 10.7 Å². The van der Waals surface area contributed by atoms with E-state index in [-0.39, 0.29) is 5.54 Å². The van der Waals surface area contributed by atoms with Gasteiger partial charge in [-0.2, -0.15) is 0 Å². The van der Waals surface area contributed by atoms with E-state index in [9.17, 15) is 14.4 Å². The first-order valence-corrected chi connectivity index (χ1v) is 15.5. The van der Waals surface area contributed by atoms with Gasteiger partial charge in [0.2, 0.25) is 0 Å². The van der Waals surface area contributed by atoms with Gasteiger partial charge in [-0.1, -0.05) is 48.5 Å². The highest BCUT2D eigenvalue weighted by Gasteiger charge is 2.41. The summed E-state index contributed by atoms with van der Waals surface area (Å²) in [4.78, 5) is 36.3. The molecule has 0 radical (unpaired) electrons. The lowest BCUT2D eigenvalue weighted by molar-refractivity contribution is -0.170. The summed E-state index contributed by atoms with van der Waals surface area (Å²) in [5.74, 6) is -4.25. The van der Waals surface area contributed by atoms with E-state index >= 15 is 0 Å². The molecule has 0 amide bonds. The molecule has 3 aromatic rings. The Balaban J connectivity index is 0.000000360. The van der Waals surface area contributed by atoms with E-state index in [0.29, 0.717) is 0 Å². The summed E-state index contributed by atoms with van der Waals surface area (Å²) in [5, 5.41) is 42.7. The average Bonchev–Trinajstić information content (AvgIpc) is 3.40. The van der Waals surface area contributed by atoms with Gasteiger partial charge < -0.3 is 36.0 Å². The van der Waals surface area contributed by atoms with Crippen molar-refractivity contribution < 1.29 is 34.8 Å². The monoisotopic (exact) mass is 640 g/mol. The van der Waals surface area contributed by atoms with Crippen molar-refractivity contribution in [2.45, 2.75) is 62.5 Å². The van der Waals surface area contributed by atoms with Crippen molar-refractivity contribution in [1.82, 2.24) is 20.5 Å². The molecule has 1 saturated carbocycles. The van der Waals surface area contributed by atoms with Crippen molar-refractivity contribution in [2.24, 2.45) is 5.92 Å². The molecule has 45 heavy (non-hydrogen) atoms. The zero-order chi connectivity index (χ0) is 33.0. The SMILES string of the molecule is CN(C)C1(c2ccccc2)CCC(CCNC(=S)NCCc2c[nH]c3ccccc23)CC1.O=C(O)CC(O)(CC(=O)O)C(=O)O. The van der Waals surface area contributed by atoms with Crippen LogP contribution >= 0.6 is 12.2 Å². The minimum absolute atomic E-state index is 0.185. The van der Waals surface area contributed by atoms with Crippen LogP contribution in [-0.2, 0) is 26.3 Å². The van der Waals surface area contributed by atoms with E-state index in [1.54, 1.807) is 0 Å². The number of aromatic nitrogens is 1. The van der Waals surface area contributed by atoms with Crippen molar-refractivity contribution in [2.75, 3.05) is 27.2 Å². The number of nitrogens with zero attached hydrogens (tertiary/aromatic N) is 1. The molecule has 1 heterocycles. The number of aliphatic hydroxyl groups is 1. The topological polar surface area (TPSA) is 175 Å². The van der Waals surface area contributed by atoms with Gasteiger partial charge in [-0.25, -0.2) is 4.79 Å². The number of fused-ring (bicyclic) bond motifs is 1. The number of benzene rings is 2. The standard InChI is InChI=1S/C27H36N4S.C6H8O7/c1-31(2)27(23-8-4-3-5-9-23)16-12-21(13-17-27)14-18-28-26(32)29-19-15-22-20-30-25-11-7-6-10-24(22)25;7-3(8)1-6(13,5(11)12)2-4(9)10/h3-11,20-21,30H,12-19H2,1-2H3,(H2,28,29,32);13H,1-2H2,(H,7,8)(H,9,10)(H,11,12). The third kappa shape index (κ3) is 10.0. The Bertz CT molecular complexity index is 1420. The van der Waals surface area contributed by atoms with Crippen LogP contribution in [0.4, 0.5) is 0 Å². The fraction of sp³-hybridized carbons (Fsp3) is 0.455. The van der Waals surface area contributed by atoms with E-state index in [0.717, 1.165) is 30.5 Å². The van der Waals surface area contributed by atoms with E-state index in [2.05, 4.69) is 95.4 Å². The molecule has 0 saturated heterocycles. The fourth-order valence-electron chi connectivity index (χ4n) is 6.00. The molecular formula is C33H44N4O7S. The third-order valence-electron chi connectivity index (χ3n) is 8.58. The van der Waals surface area contributed by atoms with Crippen LogP contribution < -0.4 is 10.6 Å². The Morgan fingerprint density at radius 2 is 1.51 bits per heavy atom. The number of aliphatic carboxylic acids is 3. The van der Waals surface area contributed by atoms with Crippen LogP contribution in [0.25, 0.3) is 10.9 Å². The quantitative estimate of drug-likeness (QED) is 0.135. The molecular weight excluding hydrogens is 596 g/mol. The summed E-state index contributed by atoms with van der Waals surface area (Å²) in [6.07, 6.45) is 6.95. The van der Waals surface area contributed by atoms with Crippen molar-refractivity contribution >= 4 is 46.1 Å². The highest BCUT2D eigenvalue weighted by Crippen LogP contribution is 2.43. The zero-order valence-corrected chi connectivity index (χ0v) is 26.6. The van der Waals surface area contributed by atoms with Crippen LogP contribution in [0.2, 0.25) is 0 Å². The second-order valence-electron chi connectivity index (χ2n) is 11.8. The van der Waals surface area contributed by atoms with E-state index < -0.39 is 36.4 Å². The maximum atomic E-state index is 10.3. The summed E-state index contributed by atoms with van der Waals surface area (Å²) in [7, 11) is 4.46. The molecule has 1 fully saturated rings. The van der Waals surface area contributed by atoms with Gasteiger partial charge >= 0.3 is 17.9 Å². The second kappa shape index (κ2) is 16.4. The maximum Gasteiger partial charge on any atom is 0.336 e. The molecule has 1 aliphatic rings. The fourth-order valence-corrected chi connectivity index (χ4v) is 6.21. The molecule has 11 nitrogen and oxygen atoms in total. The summed E-state index contributed by atoms with van der Waals surface area (Å²) < 4.78 is 0. The van der Waals surface area contributed by atoms with Gasteiger partial charge in [-0.3, -0.25) is 14.5 Å². The average molecular weight is 641 g/mol. The Hall–Kier alpha value is -4.00. The van der Waals surface area contributed by atoms with E-state index in [1.807, 2.05) is 0 Å². The summed E-state index contributed by atoms with van der Waals surface area (Å²) >= 11 is 5.51. The first kappa shape index (κ1) is 35.5. The molecule has 1 aliphatic carbocycles. The smallest absolute Gasteiger partial charge is 0.336 e. The van der Waals surface area contributed by atoms with Gasteiger partial charge in [0.25, 0.3) is 0 Å². The lowest BCUT2D eigenvalue weighted by atomic mass is 9.71. The number of thiocarbonyl (C=S) groups is 1. The maximum absolute atomic E-state index is 10.3. The van der Waals surface area contributed by atoms with E-state index in [1.165, 1.54) is 54.1 Å². The normalized spacial score (nSPS) is 18.1. The number of carbonyl (C=O) groups is 3. The van der Waals surface area contributed by atoms with Crippen LogP contribution in [0.15, 0.2) is 60.8 Å². The Kier molecular flexibility index (Phi) is 12.9. The molecule has 0 unspecified atom stereocenters. The number of hydrogen-bond donors (Lipinski definition) is 7. The molecule has 0 atom stereocenters. The summed E-state index contributed by atoms with van der Waals surface area (Å²) in [6.45, 7) is 1.80. The van der Waals surface area contributed by atoms with Crippen LogP contribution in [-0.4, -0.2) is 86.1 Å². The lowest BCUT2D eigenvalue weighted by Gasteiger charge is -2.45. The van der Waals surface area contributed by atoms with Gasteiger partial charge in [-0.15, -0.1) is 0 Å². The van der Waals surface area contributed by atoms with Crippen molar-refractivity contribution in [3.8, 4) is 0 Å². The van der Waals surface area contributed by atoms with Crippen LogP contribution in [0.1, 0.15) is 56.1 Å². The Morgan fingerprint density at radius 1 is 0.933 bits per heavy atom. The molecule has 7 N–H and O–H groups in total. The third-order valence-corrected chi connectivity index (χ3v) is 8.87. The van der Waals surface area contributed by atoms with Crippen LogP contribution in [0, 0.1) is 5.92 Å². The largest absolute Gasteiger partial charge is 0.481 e. The number of nitrogens with one attached hydrogen (secondary N) is 3. The Labute approximate surface area is 268 Å². The predicted molar refractivity (Wildman–Crippen MR) is 176 cm³/mol. The molecule has 2 aromatic carbocycles. The highest BCUT2D eigenvalue weighted by molar-refractivity contribution is 7.80. The number of carboxylic acid groups (broad SMARTS) is 3. The van der Waals surface area contributed by atoms with Gasteiger partial charge in [0.1, 0.15) is 0 Å². The highest BCUT2D eigenvalue weighted by atomic mass is 32.1. The molecule has 244 valence electrons. The van der Waals surface area contributed by atoms with E-state index in [4.69, 9.17) is 32.6 Å². The molecule has 0 bridgehead atoms. The Morgan fingerprint density at radius 3 is 2.09 bits per heavy atom. The lowest BCUT2D eigenvalue weighted by Crippen LogP contribution is -2.44. The molecule has 4 rings (SSSR count). The minimum atomic E-state index is -2.74.